The molecule has 114 valence electrons. The zero-order valence-corrected chi connectivity index (χ0v) is 14.0. The van der Waals surface area contributed by atoms with E-state index < -0.39 is 0 Å². The zero-order chi connectivity index (χ0) is 14.8. The smallest absolute Gasteiger partial charge is 0.141 e. The third-order valence-electron chi connectivity index (χ3n) is 4.12. The monoisotopic (exact) mass is 325 g/mol. The van der Waals surface area contributed by atoms with Crippen molar-refractivity contribution in [2.24, 2.45) is 0 Å². The fourth-order valence-electron chi connectivity index (χ4n) is 2.85. The van der Waals surface area contributed by atoms with Crippen LogP contribution in [-0.4, -0.2) is 41.6 Å². The summed E-state index contributed by atoms with van der Waals surface area (Å²) in [5.74, 6) is 1.65. The van der Waals surface area contributed by atoms with Crippen molar-refractivity contribution in [1.82, 2.24) is 9.97 Å². The number of nitrogens with zero attached hydrogens (tertiary/aromatic N) is 3. The molecule has 2 aromatic heterocycles. The molecule has 1 saturated heterocycles. The van der Waals surface area contributed by atoms with E-state index in [0.29, 0.717) is 18.6 Å². The van der Waals surface area contributed by atoms with Gasteiger partial charge >= 0.3 is 0 Å². The molecule has 21 heavy (non-hydrogen) atoms. The first-order chi connectivity index (χ1) is 10.2. The van der Waals surface area contributed by atoms with Crippen LogP contribution in [0.15, 0.2) is 6.33 Å². The van der Waals surface area contributed by atoms with Gasteiger partial charge in [0.25, 0.3) is 0 Å². The molecule has 0 bridgehead atoms. The van der Waals surface area contributed by atoms with Crippen LogP contribution in [0, 0.1) is 13.8 Å². The maximum atomic E-state index is 5.74. The van der Waals surface area contributed by atoms with Gasteiger partial charge in [-0.25, -0.2) is 9.97 Å². The van der Waals surface area contributed by atoms with E-state index in [-0.39, 0.29) is 0 Å². The summed E-state index contributed by atoms with van der Waals surface area (Å²) < 4.78 is 5.74. The Labute approximate surface area is 134 Å². The molecule has 2 aromatic rings. The molecule has 3 rings (SSSR count). The normalized spacial score (nSPS) is 16.8. The van der Waals surface area contributed by atoms with Crippen molar-refractivity contribution >= 4 is 39.0 Å². The molecule has 0 amide bonds. The molecule has 0 aliphatic carbocycles. The van der Waals surface area contributed by atoms with Gasteiger partial charge in [0, 0.05) is 23.8 Å². The number of anilines is 1. The van der Waals surface area contributed by atoms with Crippen molar-refractivity contribution in [3.63, 3.8) is 0 Å². The van der Waals surface area contributed by atoms with Crippen LogP contribution >= 0.6 is 22.9 Å². The van der Waals surface area contributed by atoms with Crippen molar-refractivity contribution < 1.29 is 4.74 Å². The van der Waals surface area contributed by atoms with E-state index in [1.807, 2.05) is 0 Å². The number of aromatic nitrogens is 2. The first-order valence-corrected chi connectivity index (χ1v) is 8.69. The Kier molecular flexibility index (Phi) is 4.62. The van der Waals surface area contributed by atoms with Gasteiger partial charge < -0.3 is 9.64 Å². The second-order valence-electron chi connectivity index (χ2n) is 5.41. The number of hydrogen-bond acceptors (Lipinski definition) is 5. The summed E-state index contributed by atoms with van der Waals surface area (Å²) >= 11 is 7.43. The third kappa shape index (κ3) is 3.00. The average molecular weight is 326 g/mol. The molecule has 1 fully saturated rings. The number of ether oxygens (including phenoxy) is 1. The molecule has 0 unspecified atom stereocenters. The number of halogens is 1. The molecule has 1 aliphatic heterocycles. The van der Waals surface area contributed by atoms with E-state index in [2.05, 4.69) is 28.7 Å². The Bertz CT molecular complexity index is 623. The molecule has 0 radical (unpaired) electrons. The predicted molar refractivity (Wildman–Crippen MR) is 88.8 cm³/mol. The summed E-state index contributed by atoms with van der Waals surface area (Å²) in [6.07, 6.45) is 4.08. The molecule has 4 nitrogen and oxygen atoms in total. The van der Waals surface area contributed by atoms with Crippen molar-refractivity contribution in [2.45, 2.75) is 32.8 Å². The summed E-state index contributed by atoms with van der Waals surface area (Å²) in [5, 5.41) is 1.22. The number of rotatable bonds is 4. The minimum absolute atomic E-state index is 0.336. The first kappa shape index (κ1) is 15.0. The highest BCUT2D eigenvalue weighted by atomic mass is 35.5. The summed E-state index contributed by atoms with van der Waals surface area (Å²) in [4.78, 5) is 13.8. The molecule has 1 aliphatic rings. The number of alkyl halides is 1. The fourth-order valence-corrected chi connectivity index (χ4v) is 3.93. The maximum absolute atomic E-state index is 5.74. The van der Waals surface area contributed by atoms with Crippen molar-refractivity contribution in [2.75, 3.05) is 30.5 Å². The molecular weight excluding hydrogens is 306 g/mol. The van der Waals surface area contributed by atoms with Crippen LogP contribution in [0.3, 0.4) is 0 Å². The number of aryl methyl sites for hydroxylation is 2. The highest BCUT2D eigenvalue weighted by Gasteiger charge is 2.23. The Balaban J connectivity index is 1.79. The Morgan fingerprint density at radius 2 is 2.10 bits per heavy atom. The van der Waals surface area contributed by atoms with Crippen LogP contribution < -0.4 is 4.90 Å². The predicted octanol–water partition coefficient (Wildman–Crippen LogP) is 3.53. The minimum Gasteiger partial charge on any atom is -0.377 e. The van der Waals surface area contributed by atoms with E-state index in [4.69, 9.17) is 16.3 Å². The van der Waals surface area contributed by atoms with Crippen LogP contribution in [-0.2, 0) is 4.74 Å². The number of fused-ring (bicyclic) bond motifs is 1. The molecule has 3 heterocycles. The lowest BCUT2D eigenvalue weighted by Crippen LogP contribution is -2.37. The summed E-state index contributed by atoms with van der Waals surface area (Å²) in [6, 6.07) is 0. The van der Waals surface area contributed by atoms with E-state index in [0.717, 1.165) is 36.6 Å². The van der Waals surface area contributed by atoms with Gasteiger partial charge in [0.2, 0.25) is 0 Å². The third-order valence-corrected chi connectivity index (χ3v) is 5.39. The molecule has 0 saturated carbocycles. The number of piperidine rings is 1. The topological polar surface area (TPSA) is 38.2 Å². The molecule has 0 aromatic carbocycles. The molecule has 6 heteroatoms. The maximum Gasteiger partial charge on any atom is 0.141 e. The molecular formula is C15H20ClN3OS. The number of hydrogen-bond donors (Lipinski definition) is 0. The number of thiophene rings is 1. The van der Waals surface area contributed by atoms with Gasteiger partial charge in [0.05, 0.1) is 18.1 Å². The van der Waals surface area contributed by atoms with Gasteiger partial charge in [-0.05, 0) is 32.3 Å². The van der Waals surface area contributed by atoms with Crippen LogP contribution in [0.1, 0.15) is 23.3 Å². The minimum atomic E-state index is 0.336. The van der Waals surface area contributed by atoms with Crippen molar-refractivity contribution in [3.8, 4) is 0 Å². The van der Waals surface area contributed by atoms with E-state index >= 15 is 0 Å². The Hall–Kier alpha value is -0.910. The second kappa shape index (κ2) is 6.46. The van der Waals surface area contributed by atoms with Crippen molar-refractivity contribution in [1.29, 1.82) is 0 Å². The van der Waals surface area contributed by atoms with E-state index in [9.17, 15) is 0 Å². The summed E-state index contributed by atoms with van der Waals surface area (Å²) in [6.45, 7) is 6.92. The second-order valence-corrected chi connectivity index (χ2v) is 6.99. The van der Waals surface area contributed by atoms with E-state index in [1.165, 1.54) is 15.8 Å². The molecule has 0 spiro atoms. The summed E-state index contributed by atoms with van der Waals surface area (Å²) in [5.41, 5.74) is 1.31. The highest BCUT2D eigenvalue weighted by Crippen LogP contribution is 2.35. The highest BCUT2D eigenvalue weighted by molar-refractivity contribution is 7.18. The lowest BCUT2D eigenvalue weighted by atomic mass is 10.1. The first-order valence-electron chi connectivity index (χ1n) is 7.34. The largest absolute Gasteiger partial charge is 0.377 e. The standard InChI is InChI=1S/C15H20ClN3OS/c1-10-11(2)21-15-13(10)14(17-9-18-15)19-6-3-12(4-7-19)20-8-5-16/h9,12H,3-8H2,1-2H3. The SMILES string of the molecule is Cc1sc2ncnc(N3CCC(OCCCl)CC3)c2c1C. The van der Waals surface area contributed by atoms with Crippen LogP contribution in [0.25, 0.3) is 10.2 Å². The van der Waals surface area contributed by atoms with Crippen molar-refractivity contribution in [3.05, 3.63) is 16.8 Å². The summed E-state index contributed by atoms with van der Waals surface area (Å²) in [7, 11) is 0. The van der Waals surface area contributed by atoms with Gasteiger partial charge in [-0.2, -0.15) is 0 Å². The van der Waals surface area contributed by atoms with Crippen LogP contribution in [0.5, 0.6) is 0 Å². The quantitative estimate of drug-likeness (QED) is 0.806. The van der Waals surface area contributed by atoms with Gasteiger partial charge in [-0.1, -0.05) is 0 Å². The van der Waals surface area contributed by atoms with E-state index in [1.54, 1.807) is 17.7 Å². The fraction of sp³-hybridized carbons (Fsp3) is 0.600. The van der Waals surface area contributed by atoms with Gasteiger partial charge in [-0.15, -0.1) is 22.9 Å². The lowest BCUT2D eigenvalue weighted by Gasteiger charge is -2.33. The average Bonchev–Trinajstić information content (AvgIpc) is 2.81. The van der Waals surface area contributed by atoms with Gasteiger partial charge in [0.1, 0.15) is 17.0 Å². The zero-order valence-electron chi connectivity index (χ0n) is 12.4. The molecule has 0 atom stereocenters. The Morgan fingerprint density at radius 3 is 2.81 bits per heavy atom. The van der Waals surface area contributed by atoms with Gasteiger partial charge in [0.15, 0.2) is 0 Å². The van der Waals surface area contributed by atoms with Crippen LogP contribution in [0.2, 0.25) is 0 Å². The lowest BCUT2D eigenvalue weighted by molar-refractivity contribution is 0.0471. The Morgan fingerprint density at radius 1 is 1.33 bits per heavy atom. The van der Waals surface area contributed by atoms with Crippen LogP contribution in [0.4, 0.5) is 5.82 Å². The molecule has 0 N–H and O–H groups in total. The van der Waals surface area contributed by atoms with Gasteiger partial charge in [-0.3, -0.25) is 0 Å².